The average molecular weight is 614 g/mol. The van der Waals surface area contributed by atoms with Gasteiger partial charge in [-0.25, -0.2) is 0 Å². The number of para-hydroxylation sites is 2. The second kappa shape index (κ2) is 11.8. The first-order valence-electron chi connectivity index (χ1n) is 16.4. The van der Waals surface area contributed by atoms with Gasteiger partial charge < -0.3 is 9.32 Å². The number of nitrogens with zero attached hydrogens (tertiary/aromatic N) is 1. The monoisotopic (exact) mass is 613 g/mol. The van der Waals surface area contributed by atoms with Crippen molar-refractivity contribution in [2.24, 2.45) is 0 Å². The highest BCUT2D eigenvalue weighted by atomic mass is 16.3. The van der Waals surface area contributed by atoms with E-state index in [1.165, 1.54) is 33.2 Å². The fourth-order valence-corrected chi connectivity index (χ4v) is 7.00. The minimum absolute atomic E-state index is 0.894. The molecule has 0 aliphatic carbocycles. The summed E-state index contributed by atoms with van der Waals surface area (Å²) in [5.74, 6) is 0. The molecule has 0 bridgehead atoms. The molecule has 0 unspecified atom stereocenters. The van der Waals surface area contributed by atoms with Crippen LogP contribution in [0.1, 0.15) is 0 Å². The fraction of sp³-hybridized carbons (Fsp3) is 0. The molecule has 0 aliphatic rings. The molecule has 48 heavy (non-hydrogen) atoms. The zero-order valence-electron chi connectivity index (χ0n) is 26.3. The minimum Gasteiger partial charge on any atom is -0.456 e. The van der Waals surface area contributed by atoms with Gasteiger partial charge in [0.25, 0.3) is 0 Å². The van der Waals surface area contributed by atoms with Crippen LogP contribution >= 0.6 is 0 Å². The molecule has 8 aromatic carbocycles. The minimum atomic E-state index is 0.894. The van der Waals surface area contributed by atoms with Crippen LogP contribution < -0.4 is 4.90 Å². The maximum absolute atomic E-state index is 6.49. The molecule has 2 heteroatoms. The van der Waals surface area contributed by atoms with E-state index in [1.54, 1.807) is 0 Å². The zero-order chi connectivity index (χ0) is 31.9. The van der Waals surface area contributed by atoms with Crippen molar-refractivity contribution in [3.05, 3.63) is 188 Å². The van der Waals surface area contributed by atoms with E-state index in [0.717, 1.165) is 50.0 Å². The van der Waals surface area contributed by atoms with Gasteiger partial charge in [-0.1, -0.05) is 146 Å². The van der Waals surface area contributed by atoms with Gasteiger partial charge >= 0.3 is 0 Å². The Morgan fingerprint density at radius 2 is 0.875 bits per heavy atom. The SMILES string of the molecule is c1ccc(-c2ccc(N(c3ccc(-c4ccccc4)cc3)c3ccccc3-c3c4ccccc4cc4oc5ccccc5c34)cc2)cc1. The molecule has 0 amide bonds. The lowest BCUT2D eigenvalue weighted by atomic mass is 9.91. The molecule has 1 aromatic heterocycles. The summed E-state index contributed by atoms with van der Waals surface area (Å²) in [6.07, 6.45) is 0. The van der Waals surface area contributed by atoms with E-state index in [0.29, 0.717) is 0 Å². The summed E-state index contributed by atoms with van der Waals surface area (Å²) in [5, 5.41) is 4.60. The summed E-state index contributed by atoms with van der Waals surface area (Å²) in [4.78, 5) is 2.38. The third-order valence-electron chi connectivity index (χ3n) is 9.27. The van der Waals surface area contributed by atoms with Crippen molar-refractivity contribution in [3.63, 3.8) is 0 Å². The maximum Gasteiger partial charge on any atom is 0.136 e. The number of furan rings is 1. The van der Waals surface area contributed by atoms with Crippen LogP contribution in [0.3, 0.4) is 0 Å². The Kier molecular flexibility index (Phi) is 6.84. The molecule has 2 nitrogen and oxygen atoms in total. The van der Waals surface area contributed by atoms with Crippen LogP contribution in [0.25, 0.3) is 66.1 Å². The Hall–Kier alpha value is -6.38. The molecule has 0 fully saturated rings. The third-order valence-corrected chi connectivity index (χ3v) is 9.27. The first-order valence-corrected chi connectivity index (χ1v) is 16.4. The summed E-state index contributed by atoms with van der Waals surface area (Å²) in [5.41, 5.74) is 12.2. The maximum atomic E-state index is 6.49. The van der Waals surface area contributed by atoms with E-state index < -0.39 is 0 Å². The number of rotatable bonds is 6. The quantitative estimate of drug-likeness (QED) is 0.185. The molecule has 0 saturated carbocycles. The van der Waals surface area contributed by atoms with Crippen LogP contribution in [0, 0.1) is 0 Å². The number of fused-ring (bicyclic) bond motifs is 4. The van der Waals surface area contributed by atoms with Crippen molar-refractivity contribution in [2.75, 3.05) is 4.90 Å². The lowest BCUT2D eigenvalue weighted by Crippen LogP contribution is -2.11. The Bertz CT molecular complexity index is 2450. The van der Waals surface area contributed by atoms with Crippen molar-refractivity contribution in [1.29, 1.82) is 0 Å². The molecule has 1 heterocycles. The van der Waals surface area contributed by atoms with Gasteiger partial charge in [0.1, 0.15) is 11.2 Å². The normalized spacial score (nSPS) is 11.3. The standard InChI is InChI=1S/C46H31NO/c1-3-13-32(14-4-1)34-23-27-37(28-24-34)47(38-29-25-35(26-30-38)33-15-5-2-6-16-33)42-21-11-9-19-40(42)45-39-18-8-7-17-36(39)31-44-46(45)41-20-10-12-22-43(41)48-44/h1-31H. The Morgan fingerprint density at radius 3 is 1.52 bits per heavy atom. The average Bonchev–Trinajstić information content (AvgIpc) is 3.53. The molecular formula is C46H31NO. The predicted molar refractivity (Wildman–Crippen MR) is 202 cm³/mol. The van der Waals surface area contributed by atoms with Crippen LogP contribution in [0.4, 0.5) is 17.1 Å². The molecule has 0 spiro atoms. The highest BCUT2D eigenvalue weighted by Crippen LogP contribution is 2.47. The molecule has 0 atom stereocenters. The smallest absolute Gasteiger partial charge is 0.136 e. The number of benzene rings is 8. The molecule has 0 aliphatic heterocycles. The van der Waals surface area contributed by atoms with Crippen molar-refractivity contribution >= 4 is 49.8 Å². The van der Waals surface area contributed by atoms with Crippen molar-refractivity contribution in [2.45, 2.75) is 0 Å². The van der Waals surface area contributed by atoms with E-state index in [4.69, 9.17) is 4.42 Å². The second-order valence-electron chi connectivity index (χ2n) is 12.1. The van der Waals surface area contributed by atoms with Crippen LogP contribution in [0.15, 0.2) is 192 Å². The molecular weight excluding hydrogens is 583 g/mol. The van der Waals surface area contributed by atoms with E-state index in [9.17, 15) is 0 Å². The molecule has 9 rings (SSSR count). The van der Waals surface area contributed by atoms with Gasteiger partial charge in [0, 0.05) is 33.3 Å². The van der Waals surface area contributed by atoms with Crippen molar-refractivity contribution in [3.8, 4) is 33.4 Å². The van der Waals surface area contributed by atoms with Gasteiger partial charge in [-0.05, 0) is 75.5 Å². The first kappa shape index (κ1) is 27.9. The lowest BCUT2D eigenvalue weighted by Gasteiger charge is -2.28. The molecule has 9 aromatic rings. The van der Waals surface area contributed by atoms with Gasteiger partial charge in [-0.15, -0.1) is 0 Å². The van der Waals surface area contributed by atoms with Gasteiger partial charge in [-0.3, -0.25) is 0 Å². The summed E-state index contributed by atoms with van der Waals surface area (Å²) in [6.45, 7) is 0. The Labute approximate surface area is 279 Å². The van der Waals surface area contributed by atoms with Gasteiger partial charge in [0.05, 0.1) is 5.69 Å². The molecule has 0 N–H and O–H groups in total. The fourth-order valence-electron chi connectivity index (χ4n) is 7.00. The number of hydrogen-bond donors (Lipinski definition) is 0. The van der Waals surface area contributed by atoms with E-state index in [1.807, 2.05) is 6.07 Å². The Morgan fingerprint density at radius 1 is 0.375 bits per heavy atom. The summed E-state index contributed by atoms with van der Waals surface area (Å²) in [7, 11) is 0. The van der Waals surface area contributed by atoms with Crippen molar-refractivity contribution < 1.29 is 4.42 Å². The highest BCUT2D eigenvalue weighted by Gasteiger charge is 2.22. The van der Waals surface area contributed by atoms with E-state index >= 15 is 0 Å². The van der Waals surface area contributed by atoms with Crippen LogP contribution in [-0.4, -0.2) is 0 Å². The first-order chi connectivity index (χ1) is 23.8. The summed E-state index contributed by atoms with van der Waals surface area (Å²) < 4.78 is 6.49. The molecule has 0 radical (unpaired) electrons. The third kappa shape index (κ3) is 4.83. The van der Waals surface area contributed by atoms with Crippen molar-refractivity contribution in [1.82, 2.24) is 0 Å². The Balaban J connectivity index is 1.29. The molecule has 226 valence electrons. The second-order valence-corrected chi connectivity index (χ2v) is 12.1. The molecule has 0 saturated heterocycles. The number of anilines is 3. The van der Waals surface area contributed by atoms with Crippen LogP contribution in [0.5, 0.6) is 0 Å². The lowest BCUT2D eigenvalue weighted by molar-refractivity contribution is 0.669. The van der Waals surface area contributed by atoms with Crippen LogP contribution in [0.2, 0.25) is 0 Å². The topological polar surface area (TPSA) is 16.4 Å². The zero-order valence-corrected chi connectivity index (χ0v) is 26.3. The van der Waals surface area contributed by atoms with Crippen LogP contribution in [-0.2, 0) is 0 Å². The summed E-state index contributed by atoms with van der Waals surface area (Å²) >= 11 is 0. The highest BCUT2D eigenvalue weighted by molar-refractivity contribution is 6.22. The van der Waals surface area contributed by atoms with E-state index in [2.05, 4.69) is 187 Å². The van der Waals surface area contributed by atoms with E-state index in [-0.39, 0.29) is 0 Å². The van der Waals surface area contributed by atoms with Gasteiger partial charge in [0.15, 0.2) is 0 Å². The van der Waals surface area contributed by atoms with Gasteiger partial charge in [0.2, 0.25) is 0 Å². The van der Waals surface area contributed by atoms with Gasteiger partial charge in [-0.2, -0.15) is 0 Å². The largest absolute Gasteiger partial charge is 0.456 e. The predicted octanol–water partition coefficient (Wildman–Crippen LogP) is 13.2. The number of hydrogen-bond acceptors (Lipinski definition) is 2. The summed E-state index contributed by atoms with van der Waals surface area (Å²) in [6, 6.07) is 66.9.